The minimum Gasteiger partial charge on any atom is -0.468 e. The summed E-state index contributed by atoms with van der Waals surface area (Å²) in [6.07, 6.45) is 1.84. The van der Waals surface area contributed by atoms with Crippen LogP contribution in [0.15, 0.2) is 65.8 Å². The highest BCUT2D eigenvalue weighted by molar-refractivity contribution is 5.75. The zero-order valence-corrected chi connectivity index (χ0v) is 20.0. The van der Waals surface area contributed by atoms with Gasteiger partial charge in [0.15, 0.2) is 0 Å². The van der Waals surface area contributed by atoms with Gasteiger partial charge < -0.3 is 9.64 Å². The maximum atomic E-state index is 5.60. The molecule has 1 aliphatic heterocycles. The van der Waals surface area contributed by atoms with Crippen molar-refractivity contribution in [1.82, 2.24) is 9.80 Å². The molecule has 2 aromatic carbocycles. The SMILES string of the molecule is C=C(Cc1cccc(C)c1)N=C(OC)N1CCN(CCc2cccc(C)c2)CC1.CC. The number of hydrogen-bond acceptors (Lipinski definition) is 3. The molecule has 3 rings (SSSR count). The van der Waals surface area contributed by atoms with Gasteiger partial charge in [0, 0.05) is 44.8 Å². The summed E-state index contributed by atoms with van der Waals surface area (Å²) in [4.78, 5) is 9.43. The zero-order valence-electron chi connectivity index (χ0n) is 20.0. The van der Waals surface area contributed by atoms with Crippen molar-refractivity contribution in [2.45, 2.75) is 40.5 Å². The molecule has 1 heterocycles. The fourth-order valence-electron chi connectivity index (χ4n) is 3.80. The molecule has 1 fully saturated rings. The number of methoxy groups -OCH3 is 1. The number of nitrogens with zero attached hydrogens (tertiary/aromatic N) is 3. The molecule has 0 amide bonds. The molecule has 0 saturated carbocycles. The molecule has 1 saturated heterocycles. The van der Waals surface area contributed by atoms with Crippen LogP contribution in [-0.2, 0) is 17.6 Å². The molecule has 4 nitrogen and oxygen atoms in total. The summed E-state index contributed by atoms with van der Waals surface area (Å²) in [7, 11) is 1.70. The van der Waals surface area contributed by atoms with Gasteiger partial charge in [-0.05, 0) is 31.4 Å². The number of piperazine rings is 1. The van der Waals surface area contributed by atoms with Crippen LogP contribution in [0.5, 0.6) is 0 Å². The van der Waals surface area contributed by atoms with Crippen molar-refractivity contribution in [3.8, 4) is 0 Å². The summed E-state index contributed by atoms with van der Waals surface area (Å²) in [6, 6.07) is 18.0. The van der Waals surface area contributed by atoms with Crippen molar-refractivity contribution in [2.75, 3.05) is 39.8 Å². The lowest BCUT2D eigenvalue weighted by molar-refractivity contribution is 0.160. The number of ether oxygens (including phenoxy) is 1. The number of amidine groups is 1. The van der Waals surface area contributed by atoms with Gasteiger partial charge in [-0.1, -0.05) is 80.1 Å². The number of allylic oxidation sites excluding steroid dienone is 1. The molecule has 168 valence electrons. The lowest BCUT2D eigenvalue weighted by Gasteiger charge is -2.35. The summed E-state index contributed by atoms with van der Waals surface area (Å²) >= 11 is 0. The van der Waals surface area contributed by atoms with E-state index in [1.165, 1.54) is 22.3 Å². The highest BCUT2D eigenvalue weighted by atomic mass is 16.5. The van der Waals surface area contributed by atoms with Gasteiger partial charge in [-0.3, -0.25) is 4.90 Å². The standard InChI is InChI=1S/C25H33N3O.C2H6/c1-20-7-5-9-23(17-20)11-12-27-13-15-28(16-14-27)25(29-4)26-22(3)19-24-10-6-8-21(2)18-24;1-2/h5-10,17-18H,3,11-16,19H2,1-2,4H3;1-2H3. The van der Waals surface area contributed by atoms with E-state index in [9.17, 15) is 0 Å². The first-order valence-electron chi connectivity index (χ1n) is 11.4. The van der Waals surface area contributed by atoms with Crippen LogP contribution >= 0.6 is 0 Å². The van der Waals surface area contributed by atoms with Gasteiger partial charge in [0.05, 0.1) is 7.11 Å². The quantitative estimate of drug-likeness (QED) is 0.471. The van der Waals surface area contributed by atoms with Crippen molar-refractivity contribution < 1.29 is 4.74 Å². The highest BCUT2D eigenvalue weighted by Gasteiger charge is 2.20. The van der Waals surface area contributed by atoms with Crippen LogP contribution in [0.1, 0.15) is 36.1 Å². The maximum Gasteiger partial charge on any atom is 0.292 e. The minimum absolute atomic E-state index is 0.681. The van der Waals surface area contributed by atoms with Gasteiger partial charge in [0.2, 0.25) is 0 Å². The van der Waals surface area contributed by atoms with Gasteiger partial charge in [0.1, 0.15) is 0 Å². The Kier molecular flexibility index (Phi) is 10.3. The van der Waals surface area contributed by atoms with Gasteiger partial charge in [-0.15, -0.1) is 0 Å². The van der Waals surface area contributed by atoms with Crippen LogP contribution in [0.25, 0.3) is 0 Å². The summed E-state index contributed by atoms with van der Waals surface area (Å²) in [5.41, 5.74) is 6.07. The summed E-state index contributed by atoms with van der Waals surface area (Å²) in [6.45, 7) is 17.4. The summed E-state index contributed by atoms with van der Waals surface area (Å²) in [5.74, 6) is 0. The van der Waals surface area contributed by atoms with Crippen LogP contribution in [0, 0.1) is 13.8 Å². The van der Waals surface area contributed by atoms with Crippen LogP contribution in [0.4, 0.5) is 0 Å². The molecule has 0 aromatic heterocycles. The Labute approximate surface area is 189 Å². The van der Waals surface area contributed by atoms with Crippen LogP contribution in [0.2, 0.25) is 0 Å². The first-order chi connectivity index (χ1) is 15.0. The Morgan fingerprint density at radius 3 is 2.10 bits per heavy atom. The fraction of sp³-hybridized carbons (Fsp3) is 0.444. The van der Waals surface area contributed by atoms with E-state index in [2.05, 4.69) is 83.7 Å². The third kappa shape index (κ3) is 8.22. The third-order valence-electron chi connectivity index (χ3n) is 5.37. The zero-order chi connectivity index (χ0) is 22.6. The molecule has 0 aliphatic carbocycles. The number of hydrogen-bond donors (Lipinski definition) is 0. The second-order valence-electron chi connectivity index (χ2n) is 7.90. The number of aryl methyl sites for hydroxylation is 2. The minimum atomic E-state index is 0.681. The predicted octanol–water partition coefficient (Wildman–Crippen LogP) is 5.25. The summed E-state index contributed by atoms with van der Waals surface area (Å²) in [5, 5.41) is 0. The van der Waals surface area contributed by atoms with E-state index in [-0.39, 0.29) is 0 Å². The Balaban J connectivity index is 0.00000166. The first kappa shape index (κ1) is 24.7. The molecule has 0 spiro atoms. The topological polar surface area (TPSA) is 28.1 Å². The Hall–Kier alpha value is -2.59. The Morgan fingerprint density at radius 1 is 0.935 bits per heavy atom. The van der Waals surface area contributed by atoms with Gasteiger partial charge in [-0.2, -0.15) is 0 Å². The molecule has 0 N–H and O–H groups in total. The van der Waals surface area contributed by atoms with Gasteiger partial charge in [0.25, 0.3) is 6.02 Å². The van der Waals surface area contributed by atoms with Crippen LogP contribution in [0.3, 0.4) is 0 Å². The first-order valence-corrected chi connectivity index (χ1v) is 11.4. The lowest BCUT2D eigenvalue weighted by atomic mass is 10.1. The second kappa shape index (κ2) is 13.0. The lowest BCUT2D eigenvalue weighted by Crippen LogP contribution is -2.49. The van der Waals surface area contributed by atoms with Gasteiger partial charge >= 0.3 is 0 Å². The third-order valence-corrected chi connectivity index (χ3v) is 5.37. The molecule has 0 bridgehead atoms. The normalized spacial score (nSPS) is 14.6. The van der Waals surface area contributed by atoms with Crippen molar-refractivity contribution in [3.05, 3.63) is 83.1 Å². The average Bonchev–Trinajstić information content (AvgIpc) is 2.78. The van der Waals surface area contributed by atoms with Crippen LogP contribution in [-0.4, -0.2) is 55.7 Å². The number of aliphatic imine (C=N–C) groups is 1. The average molecular weight is 422 g/mol. The van der Waals surface area contributed by atoms with Gasteiger partial charge in [-0.25, -0.2) is 4.99 Å². The monoisotopic (exact) mass is 421 g/mol. The summed E-state index contributed by atoms with van der Waals surface area (Å²) < 4.78 is 5.60. The molecule has 31 heavy (non-hydrogen) atoms. The Morgan fingerprint density at radius 2 is 1.52 bits per heavy atom. The highest BCUT2D eigenvalue weighted by Crippen LogP contribution is 2.13. The van der Waals surface area contributed by atoms with Crippen molar-refractivity contribution in [1.29, 1.82) is 0 Å². The van der Waals surface area contributed by atoms with E-state index in [0.29, 0.717) is 6.02 Å². The predicted molar refractivity (Wildman–Crippen MR) is 133 cm³/mol. The van der Waals surface area contributed by atoms with E-state index in [1.54, 1.807) is 7.11 Å². The van der Waals surface area contributed by atoms with Crippen molar-refractivity contribution in [3.63, 3.8) is 0 Å². The van der Waals surface area contributed by atoms with E-state index < -0.39 is 0 Å². The van der Waals surface area contributed by atoms with E-state index in [1.807, 2.05) is 13.8 Å². The van der Waals surface area contributed by atoms with Crippen LogP contribution < -0.4 is 0 Å². The van der Waals surface area contributed by atoms with E-state index >= 15 is 0 Å². The number of benzene rings is 2. The van der Waals surface area contributed by atoms with Crippen molar-refractivity contribution >= 4 is 6.02 Å². The fourth-order valence-corrected chi connectivity index (χ4v) is 3.80. The van der Waals surface area contributed by atoms with E-state index in [0.717, 1.165) is 51.3 Å². The Bertz CT molecular complexity index is 851. The number of rotatable bonds is 6. The smallest absolute Gasteiger partial charge is 0.292 e. The molecule has 0 radical (unpaired) electrons. The molecular formula is C27H39N3O. The molecule has 1 aliphatic rings. The second-order valence-corrected chi connectivity index (χ2v) is 7.90. The molecule has 2 aromatic rings. The molecule has 0 atom stereocenters. The molecular weight excluding hydrogens is 382 g/mol. The van der Waals surface area contributed by atoms with Crippen molar-refractivity contribution in [2.24, 2.45) is 4.99 Å². The molecule has 4 heteroatoms. The maximum absolute atomic E-state index is 5.60. The largest absolute Gasteiger partial charge is 0.468 e. The van der Waals surface area contributed by atoms with E-state index in [4.69, 9.17) is 4.74 Å². The molecule has 0 unspecified atom stereocenters.